The van der Waals surface area contributed by atoms with Crippen molar-refractivity contribution in [3.05, 3.63) is 17.0 Å². The Kier molecular flexibility index (Phi) is 3.38. The highest BCUT2D eigenvalue weighted by Crippen LogP contribution is 2.37. The maximum absolute atomic E-state index is 12.5. The van der Waals surface area contributed by atoms with Crippen molar-refractivity contribution < 1.29 is 18.3 Å². The molecule has 0 radical (unpaired) electrons. The van der Waals surface area contributed by atoms with Crippen molar-refractivity contribution in [2.45, 2.75) is 29.5 Å². The Morgan fingerprint density at radius 1 is 1.63 bits per heavy atom. The number of nitrogens with zero attached hydrogens (tertiary/aromatic N) is 2. The molecule has 0 unspecified atom stereocenters. The van der Waals surface area contributed by atoms with E-state index in [0.717, 1.165) is 15.6 Å². The van der Waals surface area contributed by atoms with E-state index < -0.39 is 21.5 Å². The van der Waals surface area contributed by atoms with Crippen LogP contribution in [0.1, 0.15) is 25.3 Å². The van der Waals surface area contributed by atoms with Gasteiger partial charge in [0.15, 0.2) is 4.21 Å². The van der Waals surface area contributed by atoms with Gasteiger partial charge in [0, 0.05) is 6.54 Å². The van der Waals surface area contributed by atoms with Crippen molar-refractivity contribution in [3.63, 3.8) is 0 Å². The predicted octanol–water partition coefficient (Wildman–Crippen LogP) is 1.25. The van der Waals surface area contributed by atoms with Crippen molar-refractivity contribution in [3.8, 4) is 6.07 Å². The molecule has 0 aliphatic carbocycles. The molecule has 1 fully saturated rings. The van der Waals surface area contributed by atoms with Gasteiger partial charge in [-0.05, 0) is 31.2 Å². The zero-order chi connectivity index (χ0) is 14.3. The van der Waals surface area contributed by atoms with E-state index in [4.69, 9.17) is 5.26 Å². The molecule has 0 aromatic carbocycles. The van der Waals surface area contributed by atoms with Gasteiger partial charge in [-0.3, -0.25) is 4.79 Å². The van der Waals surface area contributed by atoms with Crippen LogP contribution in [0.5, 0.6) is 0 Å². The summed E-state index contributed by atoms with van der Waals surface area (Å²) in [5.41, 5.74) is -1.38. The molecular formula is C11H12N2O4S2. The van der Waals surface area contributed by atoms with E-state index in [1.807, 2.05) is 6.07 Å². The second-order valence-corrected chi connectivity index (χ2v) is 7.47. The van der Waals surface area contributed by atoms with Gasteiger partial charge in [0.05, 0.1) is 5.56 Å². The number of rotatable bonds is 3. The van der Waals surface area contributed by atoms with Gasteiger partial charge in [0.25, 0.3) is 10.0 Å². The molecule has 1 atom stereocenters. The second-order valence-electron chi connectivity index (χ2n) is 4.49. The Hall–Kier alpha value is -1.43. The third-order valence-electron chi connectivity index (χ3n) is 3.31. The molecule has 1 aromatic heterocycles. The molecule has 0 bridgehead atoms. The van der Waals surface area contributed by atoms with Crippen LogP contribution in [-0.2, 0) is 14.8 Å². The van der Waals surface area contributed by atoms with E-state index in [1.54, 1.807) is 0 Å². The Labute approximate surface area is 114 Å². The number of carboxylic acid groups (broad SMARTS) is 1. The lowest BCUT2D eigenvalue weighted by molar-refractivity contribution is -0.146. The van der Waals surface area contributed by atoms with Gasteiger partial charge >= 0.3 is 5.97 Å². The summed E-state index contributed by atoms with van der Waals surface area (Å²) >= 11 is 0.935. The van der Waals surface area contributed by atoms with Crippen LogP contribution >= 0.6 is 11.3 Å². The van der Waals surface area contributed by atoms with Gasteiger partial charge in [-0.2, -0.15) is 9.57 Å². The number of carboxylic acids is 1. The fraction of sp³-hybridized carbons (Fsp3) is 0.455. The maximum atomic E-state index is 12.5. The summed E-state index contributed by atoms with van der Waals surface area (Å²) in [6, 6.07) is 3.24. The monoisotopic (exact) mass is 300 g/mol. The van der Waals surface area contributed by atoms with E-state index >= 15 is 0 Å². The molecule has 102 valence electrons. The summed E-state index contributed by atoms with van der Waals surface area (Å²) in [4.78, 5) is 11.3. The largest absolute Gasteiger partial charge is 0.480 e. The minimum absolute atomic E-state index is 0.0599. The smallest absolute Gasteiger partial charge is 0.324 e. The highest BCUT2D eigenvalue weighted by Gasteiger charge is 2.50. The highest BCUT2D eigenvalue weighted by atomic mass is 32.2. The van der Waals surface area contributed by atoms with Crippen LogP contribution in [0.4, 0.5) is 0 Å². The van der Waals surface area contributed by atoms with Gasteiger partial charge in [0.2, 0.25) is 0 Å². The first kappa shape index (κ1) is 14.0. The first-order chi connectivity index (χ1) is 8.84. The van der Waals surface area contributed by atoms with Crippen LogP contribution in [0.3, 0.4) is 0 Å². The van der Waals surface area contributed by atoms with Gasteiger partial charge in [-0.25, -0.2) is 8.42 Å². The molecule has 2 rings (SSSR count). The quantitative estimate of drug-likeness (QED) is 0.905. The number of hydrogen-bond donors (Lipinski definition) is 1. The first-order valence-electron chi connectivity index (χ1n) is 5.58. The fourth-order valence-electron chi connectivity index (χ4n) is 2.22. The second kappa shape index (κ2) is 4.59. The lowest BCUT2D eigenvalue weighted by Gasteiger charge is -2.29. The molecule has 0 spiro atoms. The lowest BCUT2D eigenvalue weighted by Crippen LogP contribution is -2.50. The number of thiophene rings is 1. The number of aliphatic carboxylic acids is 1. The topological polar surface area (TPSA) is 98.5 Å². The van der Waals surface area contributed by atoms with Crippen LogP contribution < -0.4 is 0 Å². The zero-order valence-electron chi connectivity index (χ0n) is 10.2. The number of carbonyl (C=O) groups is 1. The Morgan fingerprint density at radius 3 is 2.89 bits per heavy atom. The van der Waals surface area contributed by atoms with Gasteiger partial charge in [-0.15, -0.1) is 11.3 Å². The SMILES string of the molecule is C[C@@]1(C(=O)O)CCCN1S(=O)(=O)c1sccc1C#N. The summed E-state index contributed by atoms with van der Waals surface area (Å²) in [6.45, 7) is 1.56. The molecule has 1 aliphatic rings. The van der Waals surface area contributed by atoms with E-state index in [1.165, 1.54) is 18.4 Å². The van der Waals surface area contributed by atoms with Gasteiger partial charge < -0.3 is 5.11 Å². The number of sulfonamides is 1. The predicted molar refractivity (Wildman–Crippen MR) is 68.2 cm³/mol. The Balaban J connectivity index is 2.52. The number of nitriles is 1. The van der Waals surface area contributed by atoms with Crippen molar-refractivity contribution in [2.75, 3.05) is 6.54 Å². The normalized spacial score (nSPS) is 24.2. The van der Waals surface area contributed by atoms with E-state index in [9.17, 15) is 18.3 Å². The molecular weight excluding hydrogens is 288 g/mol. The minimum atomic E-state index is -3.94. The molecule has 6 nitrogen and oxygen atoms in total. The van der Waals surface area contributed by atoms with Crippen LogP contribution in [-0.4, -0.2) is 35.9 Å². The molecule has 0 amide bonds. The van der Waals surface area contributed by atoms with Crippen LogP contribution in [0.15, 0.2) is 15.7 Å². The lowest BCUT2D eigenvalue weighted by atomic mass is 10.0. The molecule has 1 N–H and O–H groups in total. The van der Waals surface area contributed by atoms with E-state index in [-0.39, 0.29) is 22.7 Å². The summed E-state index contributed by atoms with van der Waals surface area (Å²) < 4.78 is 26.0. The Morgan fingerprint density at radius 2 is 2.32 bits per heavy atom. The third kappa shape index (κ3) is 2.04. The molecule has 1 saturated heterocycles. The molecule has 1 aromatic rings. The van der Waals surface area contributed by atoms with E-state index in [0.29, 0.717) is 6.42 Å². The highest BCUT2D eigenvalue weighted by molar-refractivity contribution is 7.91. The maximum Gasteiger partial charge on any atom is 0.324 e. The van der Waals surface area contributed by atoms with Crippen molar-refractivity contribution in [1.29, 1.82) is 5.26 Å². The van der Waals surface area contributed by atoms with Gasteiger partial charge in [-0.1, -0.05) is 0 Å². The molecule has 1 aliphatic heterocycles. The van der Waals surface area contributed by atoms with Crippen LogP contribution in [0.2, 0.25) is 0 Å². The van der Waals surface area contributed by atoms with Crippen molar-refractivity contribution in [1.82, 2.24) is 4.31 Å². The average molecular weight is 300 g/mol. The molecule has 19 heavy (non-hydrogen) atoms. The standard InChI is InChI=1S/C11H12N2O4S2/c1-11(10(14)15)4-2-5-13(11)19(16,17)9-8(7-12)3-6-18-9/h3,6H,2,4-5H2,1H3,(H,14,15)/t11-/m0/s1. The van der Waals surface area contributed by atoms with Gasteiger partial charge in [0.1, 0.15) is 11.6 Å². The summed E-state index contributed by atoms with van der Waals surface area (Å²) in [7, 11) is -3.94. The summed E-state index contributed by atoms with van der Waals surface area (Å²) in [5, 5.41) is 19.7. The molecule has 8 heteroatoms. The van der Waals surface area contributed by atoms with Crippen LogP contribution in [0.25, 0.3) is 0 Å². The zero-order valence-corrected chi connectivity index (χ0v) is 11.8. The van der Waals surface area contributed by atoms with Crippen molar-refractivity contribution >= 4 is 27.3 Å². The van der Waals surface area contributed by atoms with Crippen LogP contribution in [0, 0.1) is 11.3 Å². The summed E-state index contributed by atoms with van der Waals surface area (Å²) in [5.74, 6) is -1.16. The average Bonchev–Trinajstić information content (AvgIpc) is 2.95. The molecule has 0 saturated carbocycles. The minimum Gasteiger partial charge on any atom is -0.480 e. The number of hydrogen-bond acceptors (Lipinski definition) is 5. The summed E-state index contributed by atoms with van der Waals surface area (Å²) in [6.07, 6.45) is 0.768. The third-order valence-corrected chi connectivity index (χ3v) is 6.79. The molecule has 2 heterocycles. The fourth-order valence-corrected chi connectivity index (χ4v) is 5.37. The first-order valence-corrected chi connectivity index (χ1v) is 7.90. The van der Waals surface area contributed by atoms with Crippen molar-refractivity contribution in [2.24, 2.45) is 0 Å². The van der Waals surface area contributed by atoms with E-state index in [2.05, 4.69) is 0 Å². The Bertz CT molecular complexity index is 658.